The number of nitrogens with zero attached hydrogens (tertiary/aromatic N) is 3. The maximum atomic E-state index is 12.7. The molecular formula is C15H22N4O3S. The van der Waals surface area contributed by atoms with Gasteiger partial charge < -0.3 is 9.32 Å². The van der Waals surface area contributed by atoms with E-state index < -0.39 is 10.0 Å². The van der Waals surface area contributed by atoms with Crippen molar-refractivity contribution < 1.29 is 12.8 Å². The van der Waals surface area contributed by atoms with Crippen molar-refractivity contribution in [2.75, 3.05) is 32.7 Å². The van der Waals surface area contributed by atoms with Crippen molar-refractivity contribution in [1.82, 2.24) is 19.4 Å². The Balaban J connectivity index is 1.83. The van der Waals surface area contributed by atoms with Gasteiger partial charge in [-0.25, -0.2) is 8.42 Å². The lowest BCUT2D eigenvalue weighted by atomic mass is 10.2. The second-order valence-corrected chi connectivity index (χ2v) is 7.65. The first-order valence-electron chi connectivity index (χ1n) is 7.77. The number of aromatic amines is 1. The van der Waals surface area contributed by atoms with Crippen LogP contribution in [-0.2, 0) is 10.0 Å². The lowest BCUT2D eigenvalue weighted by molar-refractivity contribution is 0.194. The van der Waals surface area contributed by atoms with Gasteiger partial charge >= 0.3 is 0 Å². The zero-order valence-corrected chi connectivity index (χ0v) is 14.5. The molecule has 0 saturated carbocycles. The fourth-order valence-electron chi connectivity index (χ4n) is 2.72. The summed E-state index contributed by atoms with van der Waals surface area (Å²) in [5.74, 6) is 0.470. The molecule has 7 nitrogen and oxygen atoms in total. The highest BCUT2D eigenvalue weighted by molar-refractivity contribution is 7.89. The molecule has 0 aliphatic carbocycles. The Kier molecular flexibility index (Phi) is 4.31. The fourth-order valence-corrected chi connectivity index (χ4v) is 4.06. The summed E-state index contributed by atoms with van der Waals surface area (Å²) in [6.07, 6.45) is 0. The van der Waals surface area contributed by atoms with E-state index in [2.05, 4.69) is 22.0 Å². The van der Waals surface area contributed by atoms with Crippen LogP contribution in [0.1, 0.15) is 18.2 Å². The minimum Gasteiger partial charge on any atom is -0.442 e. The molecule has 23 heavy (non-hydrogen) atoms. The van der Waals surface area contributed by atoms with Crippen LogP contribution in [0.15, 0.2) is 21.6 Å². The molecule has 1 aliphatic heterocycles. The predicted octanol–water partition coefficient (Wildman–Crippen LogP) is 1.61. The summed E-state index contributed by atoms with van der Waals surface area (Å²) in [5.41, 5.74) is 2.55. The lowest BCUT2D eigenvalue weighted by Crippen LogP contribution is -2.48. The second-order valence-electron chi connectivity index (χ2n) is 5.78. The average Bonchev–Trinajstić information content (AvgIpc) is 3.16. The van der Waals surface area contributed by atoms with Crippen molar-refractivity contribution in [1.29, 1.82) is 0 Å². The van der Waals surface area contributed by atoms with Crippen molar-refractivity contribution in [3.05, 3.63) is 23.4 Å². The molecule has 0 bridgehead atoms. The van der Waals surface area contributed by atoms with E-state index in [1.165, 1.54) is 10.4 Å². The first-order chi connectivity index (χ1) is 10.9. The molecular weight excluding hydrogens is 316 g/mol. The first-order valence-corrected chi connectivity index (χ1v) is 9.21. The van der Waals surface area contributed by atoms with E-state index in [0.717, 1.165) is 30.9 Å². The highest BCUT2D eigenvalue weighted by atomic mass is 32.2. The zero-order valence-electron chi connectivity index (χ0n) is 13.7. The molecule has 126 valence electrons. The molecule has 0 unspecified atom stereocenters. The highest BCUT2D eigenvalue weighted by Crippen LogP contribution is 2.28. The Morgan fingerprint density at radius 3 is 2.48 bits per heavy atom. The summed E-state index contributed by atoms with van der Waals surface area (Å²) < 4.78 is 32.5. The van der Waals surface area contributed by atoms with Gasteiger partial charge in [0.1, 0.15) is 5.69 Å². The number of likely N-dealkylation sites (N-methyl/N-ethyl adjacent to an activating group) is 1. The largest absolute Gasteiger partial charge is 0.442 e. The molecule has 0 spiro atoms. The molecule has 0 aromatic carbocycles. The van der Waals surface area contributed by atoms with E-state index in [1.807, 2.05) is 13.8 Å². The van der Waals surface area contributed by atoms with E-state index >= 15 is 0 Å². The van der Waals surface area contributed by atoms with Gasteiger partial charge in [-0.05, 0) is 32.5 Å². The van der Waals surface area contributed by atoms with E-state index in [-0.39, 0.29) is 5.09 Å². The Hall–Kier alpha value is -1.64. The summed E-state index contributed by atoms with van der Waals surface area (Å²) >= 11 is 0. The van der Waals surface area contributed by atoms with Gasteiger partial charge in [0, 0.05) is 37.4 Å². The topological polar surface area (TPSA) is 82.4 Å². The molecule has 2 aromatic rings. The molecule has 8 heteroatoms. The van der Waals surface area contributed by atoms with Crippen LogP contribution in [0.2, 0.25) is 0 Å². The number of H-pyrrole nitrogens is 1. The highest BCUT2D eigenvalue weighted by Gasteiger charge is 2.31. The summed E-state index contributed by atoms with van der Waals surface area (Å²) in [7, 11) is -3.58. The standard InChI is InChI=1S/C15H22N4O3S/c1-4-18-7-9-19(10-8-18)23(20,21)14-6-5-13(22-14)15-11(2)12(3)16-17-15/h5-6H,4,7-10H2,1-3H3,(H,16,17). The number of piperazine rings is 1. The minimum absolute atomic E-state index is 0.0162. The van der Waals surface area contributed by atoms with Gasteiger partial charge in [-0.2, -0.15) is 9.40 Å². The van der Waals surface area contributed by atoms with Crippen molar-refractivity contribution >= 4 is 10.0 Å². The maximum absolute atomic E-state index is 12.7. The molecule has 1 N–H and O–H groups in total. The predicted molar refractivity (Wildman–Crippen MR) is 86.6 cm³/mol. The van der Waals surface area contributed by atoms with Gasteiger partial charge in [0.05, 0.1) is 0 Å². The van der Waals surface area contributed by atoms with Gasteiger partial charge in [-0.1, -0.05) is 6.92 Å². The first kappa shape index (κ1) is 16.2. The van der Waals surface area contributed by atoms with Crippen LogP contribution in [0.3, 0.4) is 0 Å². The number of hydrogen-bond acceptors (Lipinski definition) is 5. The third kappa shape index (κ3) is 2.93. The summed E-state index contributed by atoms with van der Waals surface area (Å²) in [5, 5.41) is 7.05. The lowest BCUT2D eigenvalue weighted by Gasteiger charge is -2.32. The molecule has 0 atom stereocenters. The van der Waals surface area contributed by atoms with Gasteiger partial charge in [0.25, 0.3) is 10.0 Å². The third-order valence-electron chi connectivity index (χ3n) is 4.44. The Morgan fingerprint density at radius 1 is 1.22 bits per heavy atom. The molecule has 0 amide bonds. The third-order valence-corrected chi connectivity index (χ3v) is 6.21. The van der Waals surface area contributed by atoms with Crippen molar-refractivity contribution in [3.8, 4) is 11.5 Å². The van der Waals surface area contributed by atoms with Crippen LogP contribution in [-0.4, -0.2) is 60.5 Å². The molecule has 1 aliphatic rings. The normalized spacial score (nSPS) is 17.7. The van der Waals surface area contributed by atoms with Crippen LogP contribution in [0.25, 0.3) is 11.5 Å². The van der Waals surface area contributed by atoms with Crippen LogP contribution < -0.4 is 0 Å². The number of aromatic nitrogens is 2. The van der Waals surface area contributed by atoms with Gasteiger partial charge in [-0.3, -0.25) is 5.10 Å². The number of furan rings is 1. The van der Waals surface area contributed by atoms with Crippen LogP contribution >= 0.6 is 0 Å². The van der Waals surface area contributed by atoms with E-state index in [0.29, 0.717) is 24.5 Å². The molecule has 2 aromatic heterocycles. The molecule has 3 heterocycles. The Morgan fingerprint density at radius 2 is 1.91 bits per heavy atom. The molecule has 1 saturated heterocycles. The van der Waals surface area contributed by atoms with Gasteiger partial charge in [0.15, 0.2) is 5.76 Å². The zero-order chi connectivity index (χ0) is 16.6. The van der Waals surface area contributed by atoms with Crippen LogP contribution in [0.4, 0.5) is 0 Å². The van der Waals surface area contributed by atoms with Crippen LogP contribution in [0.5, 0.6) is 0 Å². The fraction of sp³-hybridized carbons (Fsp3) is 0.533. The number of rotatable bonds is 4. The summed E-state index contributed by atoms with van der Waals surface area (Å²) in [6.45, 7) is 9.35. The summed E-state index contributed by atoms with van der Waals surface area (Å²) in [4.78, 5) is 2.23. The SMILES string of the molecule is CCN1CCN(S(=O)(=O)c2ccc(-c3n[nH]c(C)c3C)o2)CC1. The average molecular weight is 338 g/mol. The van der Waals surface area contributed by atoms with Crippen LogP contribution in [0, 0.1) is 13.8 Å². The number of hydrogen-bond donors (Lipinski definition) is 1. The minimum atomic E-state index is -3.58. The monoisotopic (exact) mass is 338 g/mol. The Bertz CT molecular complexity index is 786. The van der Waals surface area contributed by atoms with E-state index in [9.17, 15) is 8.42 Å². The Labute approximate surface area is 136 Å². The smallest absolute Gasteiger partial charge is 0.276 e. The molecule has 3 rings (SSSR count). The second kappa shape index (κ2) is 6.10. The van der Waals surface area contributed by atoms with Crippen molar-refractivity contribution in [2.24, 2.45) is 0 Å². The van der Waals surface area contributed by atoms with E-state index in [1.54, 1.807) is 6.07 Å². The number of sulfonamides is 1. The number of aryl methyl sites for hydroxylation is 1. The number of nitrogens with one attached hydrogen (secondary N) is 1. The summed E-state index contributed by atoms with van der Waals surface area (Å²) in [6, 6.07) is 3.18. The van der Waals surface area contributed by atoms with Gasteiger partial charge in [0.2, 0.25) is 5.09 Å². The molecule has 0 radical (unpaired) electrons. The molecule has 1 fully saturated rings. The maximum Gasteiger partial charge on any atom is 0.276 e. The van der Waals surface area contributed by atoms with Gasteiger partial charge in [-0.15, -0.1) is 0 Å². The quantitative estimate of drug-likeness (QED) is 0.916. The van der Waals surface area contributed by atoms with Crippen molar-refractivity contribution in [3.63, 3.8) is 0 Å². The van der Waals surface area contributed by atoms with Crippen molar-refractivity contribution in [2.45, 2.75) is 25.9 Å². The van der Waals surface area contributed by atoms with E-state index in [4.69, 9.17) is 4.42 Å².